The lowest BCUT2D eigenvalue weighted by molar-refractivity contribution is -0.116. The number of methoxy groups -OCH3 is 1. The first kappa shape index (κ1) is 25.0. The summed E-state index contributed by atoms with van der Waals surface area (Å²) in [5.41, 5.74) is 1.30. The molecule has 0 aromatic heterocycles. The van der Waals surface area contributed by atoms with Gasteiger partial charge in [0.25, 0.3) is 0 Å². The molecule has 0 fully saturated rings. The van der Waals surface area contributed by atoms with Gasteiger partial charge in [0, 0.05) is 12.2 Å². The van der Waals surface area contributed by atoms with Crippen LogP contribution >= 0.6 is 0 Å². The lowest BCUT2D eigenvalue weighted by atomic mass is 10.2. The molecule has 0 aliphatic carbocycles. The summed E-state index contributed by atoms with van der Waals surface area (Å²) in [4.78, 5) is 13.0. The zero-order chi connectivity index (χ0) is 25.4. The van der Waals surface area contributed by atoms with E-state index >= 15 is 0 Å². The Morgan fingerprint density at radius 3 is 1.92 bits per heavy atom. The van der Waals surface area contributed by atoms with E-state index in [1.54, 1.807) is 36.4 Å². The summed E-state index contributed by atoms with van der Waals surface area (Å²) < 4.78 is 38.9. The number of carbonyl (C=O) groups excluding carboxylic acids is 1. The lowest BCUT2D eigenvalue weighted by Gasteiger charge is -2.22. The SMILES string of the molecule is COc1ccc(S(=O)(=O)N(CC(=O)Nc2ccc(Oc3ccccc3)cc2)Cc2ccccc2)cc1. The van der Waals surface area contributed by atoms with Crippen LogP contribution in [0, 0.1) is 0 Å². The number of benzene rings is 4. The summed E-state index contributed by atoms with van der Waals surface area (Å²) in [5.74, 6) is 1.40. The molecule has 4 rings (SSSR count). The van der Waals surface area contributed by atoms with Crippen LogP contribution in [0.25, 0.3) is 0 Å². The van der Waals surface area contributed by atoms with Crippen molar-refractivity contribution in [3.05, 3.63) is 115 Å². The highest BCUT2D eigenvalue weighted by molar-refractivity contribution is 7.89. The molecule has 0 radical (unpaired) electrons. The maximum absolute atomic E-state index is 13.4. The van der Waals surface area contributed by atoms with Gasteiger partial charge in [0.15, 0.2) is 0 Å². The summed E-state index contributed by atoms with van der Waals surface area (Å²) in [6, 6.07) is 31.5. The Hall–Kier alpha value is -4.14. The third kappa shape index (κ3) is 6.50. The highest BCUT2D eigenvalue weighted by Gasteiger charge is 2.27. The zero-order valence-corrected chi connectivity index (χ0v) is 20.5. The van der Waals surface area contributed by atoms with Crippen LogP contribution in [0.3, 0.4) is 0 Å². The van der Waals surface area contributed by atoms with Crippen molar-refractivity contribution in [3.63, 3.8) is 0 Å². The van der Waals surface area contributed by atoms with Gasteiger partial charge in [0.1, 0.15) is 17.2 Å². The fourth-order valence-electron chi connectivity index (χ4n) is 3.50. The molecule has 8 heteroatoms. The number of nitrogens with zero attached hydrogens (tertiary/aromatic N) is 1. The van der Waals surface area contributed by atoms with Crippen LogP contribution in [-0.4, -0.2) is 32.3 Å². The molecule has 0 bridgehead atoms. The zero-order valence-electron chi connectivity index (χ0n) is 19.7. The first-order valence-corrected chi connectivity index (χ1v) is 12.7. The van der Waals surface area contributed by atoms with Crippen molar-refractivity contribution in [1.82, 2.24) is 4.31 Å². The highest BCUT2D eigenvalue weighted by Crippen LogP contribution is 2.24. The maximum Gasteiger partial charge on any atom is 0.243 e. The second-order valence-electron chi connectivity index (χ2n) is 7.92. The van der Waals surface area contributed by atoms with Gasteiger partial charge in [0.05, 0.1) is 18.6 Å². The molecule has 184 valence electrons. The minimum atomic E-state index is -3.96. The molecular formula is C28H26N2O5S. The number of amides is 1. The third-order valence-electron chi connectivity index (χ3n) is 5.34. The predicted octanol–water partition coefficient (Wildman–Crippen LogP) is 5.32. The van der Waals surface area contributed by atoms with E-state index in [0.717, 1.165) is 9.87 Å². The van der Waals surface area contributed by atoms with Crippen LogP contribution in [-0.2, 0) is 21.4 Å². The summed E-state index contributed by atoms with van der Waals surface area (Å²) in [7, 11) is -2.45. The van der Waals surface area contributed by atoms with Crippen LogP contribution in [0.2, 0.25) is 0 Å². The van der Waals surface area contributed by atoms with Crippen molar-refractivity contribution in [1.29, 1.82) is 0 Å². The van der Waals surface area contributed by atoms with Gasteiger partial charge in [-0.15, -0.1) is 0 Å². The number of para-hydroxylation sites is 1. The fourth-order valence-corrected chi connectivity index (χ4v) is 4.89. The van der Waals surface area contributed by atoms with Crippen LogP contribution in [0.5, 0.6) is 17.2 Å². The van der Waals surface area contributed by atoms with Gasteiger partial charge in [-0.1, -0.05) is 48.5 Å². The number of ether oxygens (including phenoxy) is 2. The molecule has 0 atom stereocenters. The summed E-state index contributed by atoms with van der Waals surface area (Å²) in [5, 5.41) is 2.77. The first-order chi connectivity index (χ1) is 17.4. The maximum atomic E-state index is 13.4. The Morgan fingerprint density at radius 2 is 1.31 bits per heavy atom. The van der Waals surface area contributed by atoms with Gasteiger partial charge < -0.3 is 14.8 Å². The van der Waals surface area contributed by atoms with Crippen molar-refractivity contribution in [2.24, 2.45) is 0 Å². The molecule has 0 saturated heterocycles. The van der Waals surface area contributed by atoms with Gasteiger partial charge in [-0.25, -0.2) is 8.42 Å². The second kappa shape index (κ2) is 11.5. The van der Waals surface area contributed by atoms with Crippen LogP contribution < -0.4 is 14.8 Å². The molecule has 36 heavy (non-hydrogen) atoms. The van der Waals surface area contributed by atoms with Crippen molar-refractivity contribution < 1.29 is 22.7 Å². The number of rotatable bonds is 10. The van der Waals surface area contributed by atoms with E-state index in [1.807, 2.05) is 60.7 Å². The molecule has 7 nitrogen and oxygen atoms in total. The van der Waals surface area contributed by atoms with Crippen molar-refractivity contribution >= 4 is 21.6 Å². The molecule has 0 saturated carbocycles. The molecule has 1 amide bonds. The normalized spacial score (nSPS) is 11.2. The van der Waals surface area contributed by atoms with E-state index in [0.29, 0.717) is 22.9 Å². The Morgan fingerprint density at radius 1 is 0.750 bits per heavy atom. The Balaban J connectivity index is 1.48. The van der Waals surface area contributed by atoms with E-state index in [9.17, 15) is 13.2 Å². The Kier molecular flexibility index (Phi) is 7.99. The van der Waals surface area contributed by atoms with Gasteiger partial charge >= 0.3 is 0 Å². The lowest BCUT2D eigenvalue weighted by Crippen LogP contribution is -2.37. The molecule has 0 spiro atoms. The number of hydrogen-bond acceptors (Lipinski definition) is 5. The fraction of sp³-hybridized carbons (Fsp3) is 0.107. The molecule has 0 aliphatic heterocycles. The first-order valence-electron chi connectivity index (χ1n) is 11.2. The van der Waals surface area contributed by atoms with Crippen molar-refractivity contribution in [2.45, 2.75) is 11.4 Å². The Bertz CT molecular complexity index is 1380. The highest BCUT2D eigenvalue weighted by atomic mass is 32.2. The summed E-state index contributed by atoms with van der Waals surface area (Å²) in [6.45, 7) is -0.308. The Labute approximate surface area is 211 Å². The van der Waals surface area contributed by atoms with E-state index < -0.39 is 15.9 Å². The van der Waals surface area contributed by atoms with Crippen LogP contribution in [0.1, 0.15) is 5.56 Å². The third-order valence-corrected chi connectivity index (χ3v) is 7.14. The van der Waals surface area contributed by atoms with Gasteiger partial charge in [0.2, 0.25) is 15.9 Å². The predicted molar refractivity (Wildman–Crippen MR) is 139 cm³/mol. The number of nitrogens with one attached hydrogen (secondary N) is 1. The number of hydrogen-bond donors (Lipinski definition) is 1. The molecule has 4 aromatic carbocycles. The van der Waals surface area contributed by atoms with Gasteiger partial charge in [-0.05, 0) is 66.2 Å². The van der Waals surface area contributed by atoms with Crippen molar-refractivity contribution in [2.75, 3.05) is 19.0 Å². The van der Waals surface area contributed by atoms with Gasteiger partial charge in [-0.3, -0.25) is 4.79 Å². The molecule has 0 aliphatic rings. The van der Waals surface area contributed by atoms with Crippen LogP contribution in [0.15, 0.2) is 114 Å². The van der Waals surface area contributed by atoms with E-state index in [4.69, 9.17) is 9.47 Å². The van der Waals surface area contributed by atoms with E-state index in [2.05, 4.69) is 5.32 Å². The number of anilines is 1. The molecule has 1 N–H and O–H groups in total. The summed E-state index contributed by atoms with van der Waals surface area (Å²) >= 11 is 0. The largest absolute Gasteiger partial charge is 0.497 e. The standard InChI is InChI=1S/C28H26N2O5S/c1-34-24-16-18-27(19-17-24)36(32,33)30(20-22-8-4-2-5-9-22)21-28(31)29-23-12-14-26(15-13-23)35-25-10-6-3-7-11-25/h2-19H,20-21H2,1H3,(H,29,31). The molecule has 0 heterocycles. The van der Waals surface area contributed by atoms with Crippen LogP contribution in [0.4, 0.5) is 5.69 Å². The molecule has 4 aromatic rings. The monoisotopic (exact) mass is 502 g/mol. The average molecular weight is 503 g/mol. The topological polar surface area (TPSA) is 84.9 Å². The molecule has 0 unspecified atom stereocenters. The van der Waals surface area contributed by atoms with Gasteiger partial charge in [-0.2, -0.15) is 4.31 Å². The quantitative estimate of drug-likeness (QED) is 0.317. The second-order valence-corrected chi connectivity index (χ2v) is 9.86. The minimum absolute atomic E-state index is 0.0481. The molecular weight excluding hydrogens is 476 g/mol. The van der Waals surface area contributed by atoms with E-state index in [-0.39, 0.29) is 18.0 Å². The van der Waals surface area contributed by atoms with E-state index in [1.165, 1.54) is 19.2 Å². The smallest absolute Gasteiger partial charge is 0.243 e. The average Bonchev–Trinajstić information content (AvgIpc) is 2.90. The minimum Gasteiger partial charge on any atom is -0.497 e. The summed E-state index contributed by atoms with van der Waals surface area (Å²) in [6.07, 6.45) is 0. The number of sulfonamides is 1. The number of carbonyl (C=O) groups is 1. The van der Waals surface area contributed by atoms with Crippen molar-refractivity contribution in [3.8, 4) is 17.2 Å².